The van der Waals surface area contributed by atoms with Crippen LogP contribution in [0.25, 0.3) is 5.82 Å². The molecule has 140 valence electrons. The van der Waals surface area contributed by atoms with Crippen LogP contribution in [-0.2, 0) is 10.5 Å². The van der Waals surface area contributed by atoms with Crippen LogP contribution in [0.5, 0.6) is 0 Å². The number of benzene rings is 1. The summed E-state index contributed by atoms with van der Waals surface area (Å²) in [5.41, 5.74) is 1.48. The fraction of sp³-hybridized carbons (Fsp3) is 0.222. The maximum Gasteiger partial charge on any atom is 0.341 e. The molecule has 9 heteroatoms. The Kier molecular flexibility index (Phi) is 5.80. The van der Waals surface area contributed by atoms with Gasteiger partial charge in [0.1, 0.15) is 22.2 Å². The molecule has 0 aliphatic rings. The minimum absolute atomic E-state index is 0.282. The Labute approximate surface area is 158 Å². The van der Waals surface area contributed by atoms with Crippen LogP contribution in [0.4, 0.5) is 8.78 Å². The molecule has 0 saturated carbocycles. The standard InChI is InChI=1S/C18H16F2N4O2S/c1-3-26-18(25)15-9-21-24(11(15)2)16-4-5-17(23-22-16)27-10-12-6-13(19)8-14(20)7-12/h4-9H,3,10H2,1-2H3. The lowest BCUT2D eigenvalue weighted by atomic mass is 10.2. The second-order valence-corrected chi connectivity index (χ2v) is 6.57. The summed E-state index contributed by atoms with van der Waals surface area (Å²) in [7, 11) is 0. The molecular weight excluding hydrogens is 374 g/mol. The molecule has 2 aromatic heterocycles. The van der Waals surface area contributed by atoms with Crippen LogP contribution >= 0.6 is 11.8 Å². The average Bonchev–Trinajstić information content (AvgIpc) is 3.01. The van der Waals surface area contributed by atoms with Gasteiger partial charge in [-0.2, -0.15) is 5.10 Å². The van der Waals surface area contributed by atoms with Crippen molar-refractivity contribution in [2.24, 2.45) is 0 Å². The average molecular weight is 390 g/mol. The lowest BCUT2D eigenvalue weighted by Crippen LogP contribution is -2.08. The monoisotopic (exact) mass is 390 g/mol. The lowest BCUT2D eigenvalue weighted by molar-refractivity contribution is 0.0525. The van der Waals surface area contributed by atoms with Crippen molar-refractivity contribution in [2.75, 3.05) is 6.61 Å². The highest BCUT2D eigenvalue weighted by atomic mass is 32.2. The summed E-state index contributed by atoms with van der Waals surface area (Å²) >= 11 is 1.30. The zero-order valence-corrected chi connectivity index (χ0v) is 15.5. The summed E-state index contributed by atoms with van der Waals surface area (Å²) in [4.78, 5) is 11.9. The van der Waals surface area contributed by atoms with Crippen LogP contribution in [0.2, 0.25) is 0 Å². The van der Waals surface area contributed by atoms with Crippen LogP contribution in [-0.4, -0.2) is 32.6 Å². The smallest absolute Gasteiger partial charge is 0.341 e. The van der Waals surface area contributed by atoms with Gasteiger partial charge in [-0.25, -0.2) is 18.3 Å². The van der Waals surface area contributed by atoms with E-state index in [0.29, 0.717) is 33.4 Å². The molecule has 0 fully saturated rings. The van der Waals surface area contributed by atoms with Crippen molar-refractivity contribution in [1.82, 2.24) is 20.0 Å². The molecule has 0 aliphatic heterocycles. The van der Waals surface area contributed by atoms with Gasteiger partial charge in [0, 0.05) is 11.8 Å². The van der Waals surface area contributed by atoms with E-state index in [4.69, 9.17) is 4.74 Å². The molecule has 0 amide bonds. The van der Waals surface area contributed by atoms with Crippen molar-refractivity contribution >= 4 is 17.7 Å². The van der Waals surface area contributed by atoms with Gasteiger partial charge >= 0.3 is 5.97 Å². The third kappa shape index (κ3) is 4.48. The molecule has 0 N–H and O–H groups in total. The highest BCUT2D eigenvalue weighted by Gasteiger charge is 2.16. The van der Waals surface area contributed by atoms with Gasteiger partial charge in [0.15, 0.2) is 5.82 Å². The molecular formula is C18H16F2N4O2S. The Morgan fingerprint density at radius 2 is 1.93 bits per heavy atom. The Bertz CT molecular complexity index is 940. The van der Waals surface area contributed by atoms with Crippen molar-refractivity contribution in [2.45, 2.75) is 24.6 Å². The molecule has 3 rings (SSSR count). The molecule has 0 atom stereocenters. The Hall–Kier alpha value is -2.81. The van der Waals surface area contributed by atoms with Gasteiger partial charge < -0.3 is 4.74 Å². The van der Waals surface area contributed by atoms with Crippen molar-refractivity contribution in [3.8, 4) is 5.82 Å². The number of halogens is 2. The summed E-state index contributed by atoms with van der Waals surface area (Å²) in [5, 5.41) is 13.0. The van der Waals surface area contributed by atoms with Gasteiger partial charge in [0.05, 0.1) is 18.5 Å². The summed E-state index contributed by atoms with van der Waals surface area (Å²) in [6.45, 7) is 3.75. The van der Waals surface area contributed by atoms with E-state index in [9.17, 15) is 13.6 Å². The molecule has 3 aromatic rings. The second-order valence-electron chi connectivity index (χ2n) is 5.57. The third-order valence-electron chi connectivity index (χ3n) is 3.66. The van der Waals surface area contributed by atoms with E-state index in [2.05, 4.69) is 15.3 Å². The van der Waals surface area contributed by atoms with Crippen LogP contribution in [0.3, 0.4) is 0 Å². The van der Waals surface area contributed by atoms with Crippen molar-refractivity contribution in [1.29, 1.82) is 0 Å². The quantitative estimate of drug-likeness (QED) is 0.472. The van der Waals surface area contributed by atoms with E-state index >= 15 is 0 Å². The molecule has 27 heavy (non-hydrogen) atoms. The van der Waals surface area contributed by atoms with Crippen LogP contribution in [0.15, 0.2) is 41.6 Å². The number of aromatic nitrogens is 4. The summed E-state index contributed by atoms with van der Waals surface area (Å²) in [5.74, 6) is -0.860. The first-order valence-corrected chi connectivity index (χ1v) is 9.10. The van der Waals surface area contributed by atoms with Gasteiger partial charge in [0.2, 0.25) is 0 Å². The van der Waals surface area contributed by atoms with Crippen LogP contribution < -0.4 is 0 Å². The Morgan fingerprint density at radius 1 is 1.19 bits per heavy atom. The predicted molar refractivity (Wildman–Crippen MR) is 95.8 cm³/mol. The second kappa shape index (κ2) is 8.26. The van der Waals surface area contributed by atoms with Gasteiger partial charge in [0.25, 0.3) is 0 Å². The molecule has 1 aromatic carbocycles. The van der Waals surface area contributed by atoms with Gasteiger partial charge in [-0.1, -0.05) is 11.8 Å². The topological polar surface area (TPSA) is 69.9 Å². The molecule has 6 nitrogen and oxygen atoms in total. The van der Waals surface area contributed by atoms with E-state index in [0.717, 1.165) is 6.07 Å². The number of thioether (sulfide) groups is 1. The highest BCUT2D eigenvalue weighted by Crippen LogP contribution is 2.22. The van der Waals surface area contributed by atoms with E-state index in [1.165, 1.54) is 34.8 Å². The van der Waals surface area contributed by atoms with Crippen molar-refractivity contribution in [3.63, 3.8) is 0 Å². The van der Waals surface area contributed by atoms with Gasteiger partial charge in [-0.05, 0) is 43.7 Å². The van der Waals surface area contributed by atoms with E-state index in [1.54, 1.807) is 26.0 Å². The van der Waals surface area contributed by atoms with E-state index in [1.807, 2.05) is 0 Å². The van der Waals surface area contributed by atoms with Crippen molar-refractivity contribution < 1.29 is 18.3 Å². The Morgan fingerprint density at radius 3 is 2.56 bits per heavy atom. The first-order valence-electron chi connectivity index (χ1n) is 8.11. The van der Waals surface area contributed by atoms with Crippen LogP contribution in [0.1, 0.15) is 28.5 Å². The third-order valence-corrected chi connectivity index (χ3v) is 4.65. The normalized spacial score (nSPS) is 10.8. The summed E-state index contributed by atoms with van der Waals surface area (Å²) in [6.07, 6.45) is 1.43. The number of carbonyl (C=O) groups is 1. The summed E-state index contributed by atoms with van der Waals surface area (Å²) in [6, 6.07) is 6.83. The molecule has 0 aliphatic carbocycles. The SMILES string of the molecule is CCOC(=O)c1cnn(-c2ccc(SCc3cc(F)cc(F)c3)nn2)c1C. The first kappa shape index (κ1) is 19.0. The number of nitrogens with zero attached hydrogens (tertiary/aromatic N) is 4. The van der Waals surface area contributed by atoms with Crippen LogP contribution in [0, 0.1) is 18.6 Å². The Balaban J connectivity index is 1.71. The highest BCUT2D eigenvalue weighted by molar-refractivity contribution is 7.98. The van der Waals surface area contributed by atoms with Crippen molar-refractivity contribution in [3.05, 3.63) is 65.0 Å². The van der Waals surface area contributed by atoms with E-state index < -0.39 is 17.6 Å². The summed E-state index contributed by atoms with van der Waals surface area (Å²) < 4.78 is 32.9. The molecule has 0 bridgehead atoms. The number of carbonyl (C=O) groups excluding carboxylic acids is 1. The lowest BCUT2D eigenvalue weighted by Gasteiger charge is -2.05. The maximum atomic E-state index is 13.2. The molecule has 0 saturated heterocycles. The number of hydrogen-bond donors (Lipinski definition) is 0. The number of rotatable bonds is 6. The first-order chi connectivity index (χ1) is 13.0. The molecule has 0 unspecified atom stereocenters. The minimum atomic E-state index is -0.612. The fourth-order valence-electron chi connectivity index (χ4n) is 2.40. The predicted octanol–water partition coefficient (Wildman–Crippen LogP) is 3.72. The maximum absolute atomic E-state index is 13.2. The van der Waals surface area contributed by atoms with Gasteiger partial charge in [-0.3, -0.25) is 0 Å². The zero-order valence-electron chi connectivity index (χ0n) is 14.6. The largest absolute Gasteiger partial charge is 0.462 e. The number of hydrogen-bond acceptors (Lipinski definition) is 6. The number of esters is 1. The van der Waals surface area contributed by atoms with Gasteiger partial charge in [-0.15, -0.1) is 10.2 Å². The number of ether oxygens (including phenoxy) is 1. The molecule has 0 radical (unpaired) electrons. The molecule has 0 spiro atoms. The zero-order chi connectivity index (χ0) is 19.4. The minimum Gasteiger partial charge on any atom is -0.462 e. The fourth-order valence-corrected chi connectivity index (χ4v) is 3.15. The molecule has 2 heterocycles. The van der Waals surface area contributed by atoms with E-state index in [-0.39, 0.29) is 6.61 Å².